The second-order valence-corrected chi connectivity index (χ2v) is 5.45. The molecule has 0 amide bonds. The number of carbonyl (C=O) groups is 2. The van der Waals surface area contributed by atoms with E-state index in [-0.39, 0.29) is 17.1 Å². The van der Waals surface area contributed by atoms with Crippen molar-refractivity contribution in [2.45, 2.75) is 11.8 Å². The van der Waals surface area contributed by atoms with Crippen molar-refractivity contribution in [3.05, 3.63) is 34.7 Å². The summed E-state index contributed by atoms with van der Waals surface area (Å²) in [5.41, 5.74) is 0.527. The lowest BCUT2D eigenvalue weighted by atomic mass is 10.1. The van der Waals surface area contributed by atoms with Crippen molar-refractivity contribution in [2.75, 3.05) is 6.61 Å². The van der Waals surface area contributed by atoms with Gasteiger partial charge in [-0.1, -0.05) is 0 Å². The summed E-state index contributed by atoms with van der Waals surface area (Å²) in [6, 6.07) is 4.00. The van der Waals surface area contributed by atoms with E-state index in [0.29, 0.717) is 5.56 Å². The van der Waals surface area contributed by atoms with E-state index in [4.69, 9.17) is 0 Å². The van der Waals surface area contributed by atoms with Crippen molar-refractivity contribution < 1.29 is 22.7 Å². The summed E-state index contributed by atoms with van der Waals surface area (Å²) in [6.45, 7) is 1.72. The smallest absolute Gasteiger partial charge is 0.379 e. The molecule has 0 spiro atoms. The minimum absolute atomic E-state index is 0.115. The van der Waals surface area contributed by atoms with E-state index in [1.54, 1.807) is 6.92 Å². The van der Waals surface area contributed by atoms with Gasteiger partial charge in [-0.2, -0.15) is 0 Å². The number of hydrogen-bond acceptors (Lipinski definition) is 5. The zero-order valence-electron chi connectivity index (χ0n) is 9.54. The molecule has 1 heterocycles. The second kappa shape index (κ2) is 4.38. The first-order chi connectivity index (χ1) is 8.45. The highest BCUT2D eigenvalue weighted by atomic mass is 32.2. The highest BCUT2D eigenvalue weighted by molar-refractivity contribution is 7.94. The third-order valence-corrected chi connectivity index (χ3v) is 3.95. The van der Waals surface area contributed by atoms with Gasteiger partial charge >= 0.3 is 5.97 Å². The number of rotatable bonds is 3. The fraction of sp³-hybridized carbons (Fsp3) is 0.167. The monoisotopic (exact) mass is 266 g/mol. The molecule has 0 saturated carbocycles. The van der Waals surface area contributed by atoms with Crippen LogP contribution in [-0.2, 0) is 19.4 Å². The molecule has 1 aromatic carbocycles. The van der Waals surface area contributed by atoms with Gasteiger partial charge in [0.2, 0.25) is 0 Å². The number of ketones is 1. The van der Waals surface area contributed by atoms with Crippen molar-refractivity contribution >= 4 is 27.7 Å². The summed E-state index contributed by atoms with van der Waals surface area (Å²) in [7, 11) is -3.39. The summed E-state index contributed by atoms with van der Waals surface area (Å²) in [6.07, 6.45) is 1.40. The molecule has 0 bridgehead atoms. The predicted octanol–water partition coefficient (Wildman–Crippen LogP) is 1.19. The number of benzene rings is 1. The number of carbonyl (C=O) groups excluding carboxylic acids is 2. The Morgan fingerprint density at radius 3 is 2.67 bits per heavy atom. The van der Waals surface area contributed by atoms with Gasteiger partial charge < -0.3 is 4.74 Å². The van der Waals surface area contributed by atoms with Crippen LogP contribution in [0.1, 0.15) is 22.8 Å². The normalized spacial score (nSPS) is 15.2. The quantitative estimate of drug-likeness (QED) is 0.466. The van der Waals surface area contributed by atoms with Crippen molar-refractivity contribution in [3.63, 3.8) is 0 Å². The lowest BCUT2D eigenvalue weighted by Gasteiger charge is -2.03. The Balaban J connectivity index is 2.37. The zero-order valence-corrected chi connectivity index (χ0v) is 10.4. The standard InChI is InChI=1S/C12H10O5S/c1-2-17-12(14)11(13)9-3-4-10-8(7-9)5-6-18(10,15)16/h3-7H,2H2,1H3. The minimum atomic E-state index is -3.39. The number of sulfone groups is 1. The van der Waals surface area contributed by atoms with Crippen LogP contribution in [0.25, 0.3) is 6.08 Å². The molecule has 0 unspecified atom stereocenters. The molecule has 2 rings (SSSR count). The van der Waals surface area contributed by atoms with Crippen molar-refractivity contribution in [2.24, 2.45) is 0 Å². The maximum Gasteiger partial charge on any atom is 0.379 e. The summed E-state index contributed by atoms with van der Waals surface area (Å²) in [5, 5.41) is 1.07. The van der Waals surface area contributed by atoms with E-state index >= 15 is 0 Å². The fourth-order valence-electron chi connectivity index (χ4n) is 1.63. The number of hydrogen-bond donors (Lipinski definition) is 0. The van der Waals surface area contributed by atoms with Gasteiger partial charge in [-0.05, 0) is 36.8 Å². The van der Waals surface area contributed by atoms with Gasteiger partial charge in [0, 0.05) is 11.0 Å². The Kier molecular flexibility index (Phi) is 3.04. The fourth-order valence-corrected chi connectivity index (χ4v) is 2.82. The van der Waals surface area contributed by atoms with Crippen molar-refractivity contribution in [3.8, 4) is 0 Å². The van der Waals surface area contributed by atoms with Gasteiger partial charge in [-0.25, -0.2) is 13.2 Å². The van der Waals surface area contributed by atoms with E-state index in [1.807, 2.05) is 0 Å². The summed E-state index contributed by atoms with van der Waals surface area (Å²) in [5.74, 6) is -1.72. The Hall–Kier alpha value is -1.95. The van der Waals surface area contributed by atoms with Gasteiger partial charge in [0.05, 0.1) is 11.5 Å². The number of Topliss-reactive ketones (excluding diaryl/α,β-unsaturated/α-hetero) is 1. The lowest BCUT2D eigenvalue weighted by molar-refractivity contribution is -0.137. The van der Waals surface area contributed by atoms with Crippen LogP contribution in [0.3, 0.4) is 0 Å². The molecule has 0 aromatic heterocycles. The number of ether oxygens (including phenoxy) is 1. The van der Waals surface area contributed by atoms with Crippen LogP contribution in [0, 0.1) is 0 Å². The Bertz CT molecular complexity index is 655. The molecule has 5 nitrogen and oxygen atoms in total. The third kappa shape index (κ3) is 2.06. The Labute approximate surface area is 104 Å². The van der Waals surface area contributed by atoms with E-state index < -0.39 is 21.6 Å². The predicted molar refractivity (Wildman–Crippen MR) is 63.6 cm³/mol. The Morgan fingerprint density at radius 1 is 1.28 bits per heavy atom. The first-order valence-electron chi connectivity index (χ1n) is 5.24. The Morgan fingerprint density at radius 2 is 2.00 bits per heavy atom. The maximum absolute atomic E-state index is 11.6. The SMILES string of the molecule is CCOC(=O)C(=O)c1ccc2c(c1)C=CS2(=O)=O. The number of esters is 1. The largest absolute Gasteiger partial charge is 0.460 e. The van der Waals surface area contributed by atoms with Crippen LogP contribution in [0.5, 0.6) is 0 Å². The molecule has 0 radical (unpaired) electrons. The molecule has 18 heavy (non-hydrogen) atoms. The first-order valence-corrected chi connectivity index (χ1v) is 6.79. The molecule has 0 saturated heterocycles. The zero-order chi connectivity index (χ0) is 13.3. The van der Waals surface area contributed by atoms with Gasteiger partial charge in [-0.3, -0.25) is 4.79 Å². The van der Waals surface area contributed by atoms with Gasteiger partial charge in [-0.15, -0.1) is 0 Å². The molecular weight excluding hydrogens is 256 g/mol. The van der Waals surface area contributed by atoms with Crippen molar-refractivity contribution in [1.29, 1.82) is 0 Å². The van der Waals surface area contributed by atoms with E-state index in [1.165, 1.54) is 24.3 Å². The highest BCUT2D eigenvalue weighted by Crippen LogP contribution is 2.27. The molecule has 1 aliphatic rings. The summed E-state index contributed by atoms with van der Waals surface area (Å²) >= 11 is 0. The van der Waals surface area contributed by atoms with Crippen LogP contribution in [0.4, 0.5) is 0 Å². The van der Waals surface area contributed by atoms with E-state index in [9.17, 15) is 18.0 Å². The first kappa shape index (κ1) is 12.5. The average molecular weight is 266 g/mol. The van der Waals surface area contributed by atoms with Crippen LogP contribution in [0.2, 0.25) is 0 Å². The molecule has 1 aliphatic heterocycles. The molecule has 94 valence electrons. The van der Waals surface area contributed by atoms with Crippen LogP contribution >= 0.6 is 0 Å². The summed E-state index contributed by atoms with van der Waals surface area (Å²) < 4.78 is 27.6. The number of fused-ring (bicyclic) bond motifs is 1. The van der Waals surface area contributed by atoms with Crippen LogP contribution < -0.4 is 0 Å². The molecule has 1 aromatic rings. The van der Waals surface area contributed by atoms with Gasteiger partial charge in [0.25, 0.3) is 5.78 Å². The van der Waals surface area contributed by atoms with E-state index in [2.05, 4.69) is 4.74 Å². The maximum atomic E-state index is 11.6. The average Bonchev–Trinajstić information content (AvgIpc) is 2.64. The van der Waals surface area contributed by atoms with Crippen LogP contribution in [-0.4, -0.2) is 26.8 Å². The lowest BCUT2D eigenvalue weighted by Crippen LogP contribution is -2.17. The van der Waals surface area contributed by atoms with Crippen LogP contribution in [0.15, 0.2) is 28.5 Å². The third-order valence-electron chi connectivity index (χ3n) is 2.47. The highest BCUT2D eigenvalue weighted by Gasteiger charge is 2.24. The van der Waals surface area contributed by atoms with Gasteiger partial charge in [0.15, 0.2) is 9.84 Å². The van der Waals surface area contributed by atoms with Gasteiger partial charge in [0.1, 0.15) is 0 Å². The van der Waals surface area contributed by atoms with E-state index in [0.717, 1.165) is 5.41 Å². The molecule has 6 heteroatoms. The molecule has 0 atom stereocenters. The molecule has 0 aliphatic carbocycles. The summed E-state index contributed by atoms with van der Waals surface area (Å²) in [4.78, 5) is 23.1. The molecule has 0 N–H and O–H groups in total. The van der Waals surface area contributed by atoms with Crippen molar-refractivity contribution in [1.82, 2.24) is 0 Å². The molecule has 0 fully saturated rings. The second-order valence-electron chi connectivity index (χ2n) is 3.65. The topological polar surface area (TPSA) is 77.5 Å². The minimum Gasteiger partial charge on any atom is -0.460 e. The molecular formula is C12H10O5S.